The fourth-order valence-electron chi connectivity index (χ4n) is 3.41. The van der Waals surface area contributed by atoms with Crippen LogP contribution >= 0.6 is 0 Å². The maximum absolute atomic E-state index is 2.39. The maximum atomic E-state index is 2.39. The Hall–Kier alpha value is 11.0. The summed E-state index contributed by atoms with van der Waals surface area (Å²) in [6.45, 7) is 69.0. The average molecular weight is 1620 g/mol. The summed E-state index contributed by atoms with van der Waals surface area (Å²) in [4.78, 5) is 0. The van der Waals surface area contributed by atoms with E-state index >= 15 is 0 Å². The molecule has 0 aliphatic rings. The Kier molecular flexibility index (Phi) is 691. The molecule has 0 unspecified atom stereocenters. The van der Waals surface area contributed by atoms with Crippen molar-refractivity contribution >= 4 is 0 Å². The number of hydrogen-bond donors (Lipinski definition) is 0. The van der Waals surface area contributed by atoms with E-state index in [9.17, 15) is 0 Å². The van der Waals surface area contributed by atoms with Crippen molar-refractivity contribution in [3.8, 4) is 0 Å². The van der Waals surface area contributed by atoms with Gasteiger partial charge in [0.1, 0.15) is 0 Å². The Labute approximate surface area is 651 Å². The molecule has 10 radical (unpaired) electrons. The molecule has 0 saturated carbocycles. The summed E-state index contributed by atoms with van der Waals surface area (Å²) in [7, 11) is 0. The number of hydrogen-bond acceptors (Lipinski definition) is 0. The molecular formula is C50H130Y10-4. The third-order valence-corrected chi connectivity index (χ3v) is 3.99. The second kappa shape index (κ2) is 231. The van der Waals surface area contributed by atoms with Crippen molar-refractivity contribution in [1.29, 1.82) is 0 Å². The fraction of sp³-hybridized carbons (Fsp3) is 0.920. The Bertz CT molecular complexity index is 240. The number of rotatable bonds is 5. The molecule has 60 heavy (non-hydrogen) atoms. The van der Waals surface area contributed by atoms with Crippen molar-refractivity contribution in [3.05, 3.63) is 29.7 Å². The van der Waals surface area contributed by atoms with E-state index in [0.717, 1.165) is 23.7 Å². The molecule has 0 spiro atoms. The summed E-state index contributed by atoms with van der Waals surface area (Å²) in [5, 5.41) is 0. The zero-order valence-electron chi connectivity index (χ0n) is 50.9. The minimum absolute atomic E-state index is 0. The van der Waals surface area contributed by atoms with Crippen LogP contribution in [0.1, 0.15) is 279 Å². The van der Waals surface area contributed by atoms with Crippen LogP contribution in [0.4, 0.5) is 0 Å². The summed E-state index contributed by atoms with van der Waals surface area (Å²) >= 11 is 0. The van der Waals surface area contributed by atoms with Gasteiger partial charge in [0.15, 0.2) is 0 Å². The predicted octanol–water partition coefficient (Wildman–Crippen LogP) is 22.2. The van der Waals surface area contributed by atoms with Crippen molar-refractivity contribution in [2.24, 2.45) is 29.1 Å². The Morgan fingerprint density at radius 2 is 0.300 bits per heavy atom. The zero-order chi connectivity index (χ0) is 41.2. The van der Waals surface area contributed by atoms with Crippen LogP contribution in [-0.4, -0.2) is 0 Å². The second-order valence-electron chi connectivity index (χ2n) is 11.8. The van der Waals surface area contributed by atoms with E-state index in [1.807, 2.05) is 55.4 Å². The first-order chi connectivity index (χ1) is 21.6. The van der Waals surface area contributed by atoms with Crippen molar-refractivity contribution in [3.63, 3.8) is 0 Å². The smallest absolute Gasteiger partial charge is 0 e. The molecule has 0 N–H and O–H groups in total. The van der Waals surface area contributed by atoms with E-state index in [1.165, 1.54) is 57.8 Å². The van der Waals surface area contributed by atoms with Crippen molar-refractivity contribution < 1.29 is 327 Å². The first kappa shape index (κ1) is 180. The van der Waals surface area contributed by atoms with Crippen LogP contribution in [0.15, 0.2) is 0 Å². The predicted molar refractivity (Wildman–Crippen MR) is 265 cm³/mol. The van der Waals surface area contributed by atoms with Gasteiger partial charge < -0.3 is 29.7 Å². The molecule has 0 atom stereocenters. The van der Waals surface area contributed by atoms with E-state index < -0.39 is 0 Å². The van der Waals surface area contributed by atoms with Gasteiger partial charge in [-0.1, -0.05) is 273 Å². The molecule has 0 aromatic rings. The molecule has 0 aromatic carbocycles. The second-order valence-corrected chi connectivity index (χ2v) is 11.8. The molecular weight excluding hydrogens is 1490 g/mol. The molecule has 0 amide bonds. The largest absolute Gasteiger partial charge is 0.358 e. The van der Waals surface area contributed by atoms with Crippen molar-refractivity contribution in [2.75, 3.05) is 0 Å². The molecule has 0 saturated heterocycles. The topological polar surface area (TPSA) is 0 Å². The SMILES string of the molecule is CC.CC.CC.CC.CC(C)CC(C(C)C)(C(C)C)C(C)C.CCC.CCC.CCC.CCC.CCC.CCC.CCC.CCC.[CH3-].[CH3-].[CH3-].[CH3-].[Y].[Y].[Y].[Y].[Y].[Y].[Y].[Y].[Y].[Y]. The first-order valence-corrected chi connectivity index (χ1v) is 21.6. The third-order valence-electron chi connectivity index (χ3n) is 3.99. The molecule has 0 aliphatic heterocycles. The Balaban J connectivity index is -0.00000000835. The van der Waals surface area contributed by atoms with E-state index in [1.54, 1.807) is 0 Å². The van der Waals surface area contributed by atoms with Crippen molar-refractivity contribution in [1.82, 2.24) is 0 Å². The van der Waals surface area contributed by atoms with Crippen LogP contribution < -0.4 is 0 Å². The quantitative estimate of drug-likeness (QED) is 0.241. The summed E-state index contributed by atoms with van der Waals surface area (Å²) < 4.78 is 0. The molecule has 0 aliphatic carbocycles. The van der Waals surface area contributed by atoms with Gasteiger partial charge in [0.25, 0.3) is 0 Å². The third kappa shape index (κ3) is 276. The van der Waals surface area contributed by atoms with E-state index in [2.05, 4.69) is 166 Å². The van der Waals surface area contributed by atoms with Gasteiger partial charge in [-0.05, 0) is 35.5 Å². The molecule has 0 heterocycles. The summed E-state index contributed by atoms with van der Waals surface area (Å²) in [5.74, 6) is 3.15. The summed E-state index contributed by atoms with van der Waals surface area (Å²) in [6.07, 6.45) is 11.4. The van der Waals surface area contributed by atoms with Gasteiger partial charge in [-0.3, -0.25) is 0 Å². The standard InChI is InChI=1S/C14H30.8C3H8.4C2H6.4CH3.10Y/c1-10(2)9-14(11(3)4,12(5)6)13(7)8;8*1-3-2;4*1-2;;;;;;;;;;;;;;/h10-13H,9H2,1-8H3;8*3H2,1-2H3;4*1-2H3;4*1H3;;;;;;;;;;/q;;;;;;;;;;;;;4*-1;;;;;;;;;;. The summed E-state index contributed by atoms with van der Waals surface area (Å²) in [5.41, 5.74) is 0.522. The van der Waals surface area contributed by atoms with E-state index in [0.29, 0.717) is 5.41 Å². The molecule has 0 bridgehead atoms. The van der Waals surface area contributed by atoms with Crippen LogP contribution in [0.3, 0.4) is 0 Å². The van der Waals surface area contributed by atoms with Crippen LogP contribution in [-0.2, 0) is 327 Å². The first-order valence-electron chi connectivity index (χ1n) is 21.6. The van der Waals surface area contributed by atoms with Gasteiger partial charge in [0, 0.05) is 327 Å². The molecule has 0 rings (SSSR count). The fourth-order valence-corrected chi connectivity index (χ4v) is 3.41. The van der Waals surface area contributed by atoms with E-state index in [-0.39, 0.29) is 357 Å². The molecule has 0 aromatic heterocycles. The molecule has 10 heteroatoms. The van der Waals surface area contributed by atoms with E-state index in [4.69, 9.17) is 0 Å². The van der Waals surface area contributed by atoms with Gasteiger partial charge in [0.05, 0.1) is 0 Å². The van der Waals surface area contributed by atoms with Gasteiger partial charge >= 0.3 is 0 Å². The van der Waals surface area contributed by atoms with Crippen LogP contribution in [0.5, 0.6) is 0 Å². The molecule has 0 fully saturated rings. The van der Waals surface area contributed by atoms with Gasteiger partial charge in [-0.25, -0.2) is 0 Å². The van der Waals surface area contributed by atoms with Gasteiger partial charge in [-0.2, -0.15) is 0 Å². The molecule has 364 valence electrons. The molecule has 0 nitrogen and oxygen atoms in total. The van der Waals surface area contributed by atoms with Crippen molar-refractivity contribution in [2.45, 2.75) is 279 Å². The van der Waals surface area contributed by atoms with Gasteiger partial charge in [0.2, 0.25) is 0 Å². The minimum atomic E-state index is 0. The zero-order valence-corrected chi connectivity index (χ0v) is 79.3. The Morgan fingerprint density at radius 1 is 0.233 bits per heavy atom. The van der Waals surface area contributed by atoms with Crippen LogP contribution in [0, 0.1) is 58.8 Å². The maximum Gasteiger partial charge on any atom is 0 e. The average Bonchev–Trinajstić information content (AvgIpc) is 2.99. The monoisotopic (exact) mass is 1620 g/mol. The normalized spacial score (nSPS) is 6.00. The van der Waals surface area contributed by atoms with Gasteiger partial charge in [-0.15, -0.1) is 0 Å². The Morgan fingerprint density at radius 3 is 0.317 bits per heavy atom. The summed E-state index contributed by atoms with van der Waals surface area (Å²) in [6, 6.07) is 0. The minimum Gasteiger partial charge on any atom is -0.358 e. The van der Waals surface area contributed by atoms with Crippen LogP contribution in [0.25, 0.3) is 0 Å². The van der Waals surface area contributed by atoms with Crippen LogP contribution in [0.2, 0.25) is 0 Å².